The topological polar surface area (TPSA) is 102 Å². The lowest BCUT2D eigenvalue weighted by molar-refractivity contribution is -0.117. The number of halogens is 1. The number of nitrogens with one attached hydrogen (secondary N) is 1. The van der Waals surface area contributed by atoms with Crippen LogP contribution in [0.5, 0.6) is 0 Å². The number of pyridine rings is 1. The van der Waals surface area contributed by atoms with Gasteiger partial charge in [-0.3, -0.25) is 9.52 Å². The molecule has 2 aromatic rings. The molecule has 0 bridgehead atoms. The number of carbonyl (C=O) groups is 1. The Labute approximate surface area is 127 Å². The highest BCUT2D eigenvalue weighted by Gasteiger charge is 2.14. The SMILES string of the molecule is NC(=O)Cc1ccc(NS(=O)(=O)c2ccnc(Cl)c2)cc1. The van der Waals surface area contributed by atoms with Crippen molar-refractivity contribution in [2.45, 2.75) is 11.3 Å². The van der Waals surface area contributed by atoms with Crippen molar-refractivity contribution < 1.29 is 13.2 Å². The van der Waals surface area contributed by atoms with Crippen molar-refractivity contribution in [1.29, 1.82) is 0 Å². The maximum absolute atomic E-state index is 12.1. The Kier molecular flexibility index (Phi) is 4.44. The lowest BCUT2D eigenvalue weighted by Crippen LogP contribution is -2.14. The van der Waals surface area contributed by atoms with Crippen LogP contribution in [0.15, 0.2) is 47.5 Å². The number of sulfonamides is 1. The van der Waals surface area contributed by atoms with Gasteiger partial charge < -0.3 is 5.73 Å². The fourth-order valence-electron chi connectivity index (χ4n) is 1.66. The lowest BCUT2D eigenvalue weighted by atomic mass is 10.1. The van der Waals surface area contributed by atoms with Gasteiger partial charge in [-0.05, 0) is 29.8 Å². The third-order valence-corrected chi connectivity index (χ3v) is 4.18. The van der Waals surface area contributed by atoms with Gasteiger partial charge in [0, 0.05) is 11.9 Å². The van der Waals surface area contributed by atoms with Gasteiger partial charge in [-0.25, -0.2) is 13.4 Å². The molecule has 0 aliphatic rings. The molecule has 1 aromatic carbocycles. The summed E-state index contributed by atoms with van der Waals surface area (Å²) in [5, 5.41) is 0.0923. The van der Waals surface area contributed by atoms with Crippen molar-refractivity contribution in [3.05, 3.63) is 53.3 Å². The van der Waals surface area contributed by atoms with Crippen LogP contribution in [0.3, 0.4) is 0 Å². The van der Waals surface area contributed by atoms with E-state index in [1.54, 1.807) is 24.3 Å². The van der Waals surface area contributed by atoms with E-state index in [2.05, 4.69) is 9.71 Å². The Balaban J connectivity index is 2.19. The van der Waals surface area contributed by atoms with E-state index in [1.165, 1.54) is 18.3 Å². The molecule has 0 saturated carbocycles. The molecular formula is C13H12ClN3O3S. The number of amides is 1. The predicted molar refractivity (Wildman–Crippen MR) is 79.4 cm³/mol. The zero-order valence-electron chi connectivity index (χ0n) is 10.8. The Morgan fingerprint density at radius 3 is 2.48 bits per heavy atom. The number of nitrogens with two attached hydrogens (primary N) is 1. The van der Waals surface area contributed by atoms with Crippen LogP contribution in [0.4, 0.5) is 5.69 Å². The predicted octanol–water partition coefficient (Wildman–Crippen LogP) is 1.56. The Morgan fingerprint density at radius 2 is 1.90 bits per heavy atom. The van der Waals surface area contributed by atoms with E-state index in [-0.39, 0.29) is 16.5 Å². The third-order valence-electron chi connectivity index (χ3n) is 2.59. The molecule has 0 radical (unpaired) electrons. The van der Waals surface area contributed by atoms with E-state index in [4.69, 9.17) is 17.3 Å². The normalized spacial score (nSPS) is 11.1. The Bertz CT molecular complexity index is 760. The molecule has 2 rings (SSSR count). The first-order valence-electron chi connectivity index (χ1n) is 5.88. The average molecular weight is 326 g/mol. The van der Waals surface area contributed by atoms with Crippen LogP contribution in [-0.2, 0) is 21.2 Å². The number of benzene rings is 1. The zero-order valence-corrected chi connectivity index (χ0v) is 12.4. The molecule has 0 aliphatic heterocycles. The minimum absolute atomic E-state index is 0.0173. The Hall–Kier alpha value is -2.12. The second-order valence-electron chi connectivity index (χ2n) is 4.26. The molecule has 6 nitrogen and oxygen atoms in total. The van der Waals surface area contributed by atoms with Gasteiger partial charge in [-0.2, -0.15) is 0 Å². The second kappa shape index (κ2) is 6.11. The van der Waals surface area contributed by atoms with Crippen molar-refractivity contribution in [3.8, 4) is 0 Å². The summed E-state index contributed by atoms with van der Waals surface area (Å²) in [4.78, 5) is 14.5. The van der Waals surface area contributed by atoms with Crippen LogP contribution < -0.4 is 10.5 Å². The van der Waals surface area contributed by atoms with Gasteiger partial charge in [0.2, 0.25) is 5.91 Å². The first kappa shape index (κ1) is 15.3. The number of carbonyl (C=O) groups excluding carboxylic acids is 1. The monoisotopic (exact) mass is 325 g/mol. The fraction of sp³-hybridized carbons (Fsp3) is 0.0769. The largest absolute Gasteiger partial charge is 0.369 e. The molecular weight excluding hydrogens is 314 g/mol. The van der Waals surface area contributed by atoms with Crippen LogP contribution in [-0.4, -0.2) is 19.3 Å². The molecule has 1 amide bonds. The van der Waals surface area contributed by atoms with E-state index in [1.807, 2.05) is 0 Å². The zero-order chi connectivity index (χ0) is 15.5. The number of aromatic nitrogens is 1. The summed E-state index contributed by atoms with van der Waals surface area (Å²) in [7, 11) is -3.74. The van der Waals surface area contributed by atoms with E-state index < -0.39 is 15.9 Å². The van der Waals surface area contributed by atoms with Gasteiger partial charge in [-0.15, -0.1) is 0 Å². The minimum Gasteiger partial charge on any atom is -0.369 e. The standard InChI is InChI=1S/C13H12ClN3O3S/c14-12-8-11(5-6-16-12)21(19,20)17-10-3-1-9(2-4-10)7-13(15)18/h1-6,8,17H,7H2,(H2,15,18). The van der Waals surface area contributed by atoms with Crippen LogP contribution in [0.2, 0.25) is 5.15 Å². The van der Waals surface area contributed by atoms with Gasteiger partial charge >= 0.3 is 0 Å². The van der Waals surface area contributed by atoms with Gasteiger partial charge in [-0.1, -0.05) is 23.7 Å². The smallest absolute Gasteiger partial charge is 0.262 e. The maximum atomic E-state index is 12.1. The number of hydrogen-bond donors (Lipinski definition) is 2. The van der Waals surface area contributed by atoms with Crippen molar-refractivity contribution in [1.82, 2.24) is 4.98 Å². The van der Waals surface area contributed by atoms with Crippen molar-refractivity contribution in [2.75, 3.05) is 4.72 Å². The van der Waals surface area contributed by atoms with Crippen LogP contribution in [0.25, 0.3) is 0 Å². The molecule has 0 atom stereocenters. The van der Waals surface area contributed by atoms with Crippen molar-refractivity contribution in [2.24, 2.45) is 5.73 Å². The van der Waals surface area contributed by atoms with Crippen LogP contribution >= 0.6 is 11.6 Å². The molecule has 3 N–H and O–H groups in total. The molecule has 0 unspecified atom stereocenters. The van der Waals surface area contributed by atoms with Crippen molar-refractivity contribution in [3.63, 3.8) is 0 Å². The summed E-state index contributed by atoms with van der Waals surface area (Å²) in [6.45, 7) is 0. The van der Waals surface area contributed by atoms with Crippen molar-refractivity contribution >= 4 is 33.2 Å². The van der Waals surface area contributed by atoms with Gasteiger partial charge in [0.25, 0.3) is 10.0 Å². The molecule has 1 heterocycles. The van der Waals surface area contributed by atoms with Gasteiger partial charge in [0.1, 0.15) is 5.15 Å². The lowest BCUT2D eigenvalue weighted by Gasteiger charge is -2.08. The summed E-state index contributed by atoms with van der Waals surface area (Å²) < 4.78 is 26.7. The van der Waals surface area contributed by atoms with E-state index >= 15 is 0 Å². The Morgan fingerprint density at radius 1 is 1.24 bits per heavy atom. The summed E-state index contributed by atoms with van der Waals surface area (Å²) in [6, 6.07) is 8.96. The summed E-state index contributed by atoms with van der Waals surface area (Å²) >= 11 is 5.68. The quantitative estimate of drug-likeness (QED) is 0.814. The van der Waals surface area contributed by atoms with E-state index in [9.17, 15) is 13.2 Å². The summed E-state index contributed by atoms with van der Waals surface area (Å²) in [5.74, 6) is -0.449. The number of anilines is 1. The molecule has 21 heavy (non-hydrogen) atoms. The molecule has 0 saturated heterocycles. The van der Waals surface area contributed by atoms with E-state index in [0.29, 0.717) is 11.3 Å². The minimum atomic E-state index is -3.74. The summed E-state index contributed by atoms with van der Waals surface area (Å²) in [5.41, 5.74) is 6.16. The molecule has 0 fully saturated rings. The number of primary amides is 1. The van der Waals surface area contributed by atoms with Crippen LogP contribution in [0, 0.1) is 0 Å². The van der Waals surface area contributed by atoms with Gasteiger partial charge in [0.15, 0.2) is 0 Å². The molecule has 0 aliphatic carbocycles. The number of nitrogens with zero attached hydrogens (tertiary/aromatic N) is 1. The molecule has 0 spiro atoms. The van der Waals surface area contributed by atoms with E-state index in [0.717, 1.165) is 0 Å². The highest BCUT2D eigenvalue weighted by atomic mass is 35.5. The average Bonchev–Trinajstić information content (AvgIpc) is 2.40. The first-order chi connectivity index (χ1) is 9.87. The van der Waals surface area contributed by atoms with Crippen LogP contribution in [0.1, 0.15) is 5.56 Å². The fourth-order valence-corrected chi connectivity index (χ4v) is 2.97. The summed E-state index contributed by atoms with van der Waals surface area (Å²) in [6.07, 6.45) is 1.42. The number of rotatable bonds is 5. The first-order valence-corrected chi connectivity index (χ1v) is 7.74. The molecule has 110 valence electrons. The molecule has 8 heteroatoms. The molecule has 1 aromatic heterocycles. The maximum Gasteiger partial charge on any atom is 0.262 e. The highest BCUT2D eigenvalue weighted by Crippen LogP contribution is 2.18. The second-order valence-corrected chi connectivity index (χ2v) is 6.33. The highest BCUT2D eigenvalue weighted by molar-refractivity contribution is 7.92. The third kappa shape index (κ3) is 4.17. The van der Waals surface area contributed by atoms with Gasteiger partial charge in [0.05, 0.1) is 11.3 Å². The number of hydrogen-bond acceptors (Lipinski definition) is 4.